The third-order valence-electron chi connectivity index (χ3n) is 4.19. The Morgan fingerprint density at radius 2 is 1.84 bits per heavy atom. The fourth-order valence-electron chi connectivity index (χ4n) is 2.85. The Hall–Kier alpha value is -1.36. The quantitative estimate of drug-likeness (QED) is 0.582. The van der Waals surface area contributed by atoms with Crippen molar-refractivity contribution in [3.05, 3.63) is 57.8 Å². The van der Waals surface area contributed by atoms with E-state index in [0.29, 0.717) is 6.42 Å². The molecule has 2 aromatic rings. The number of hydrogen-bond donors (Lipinski definition) is 2. The lowest BCUT2D eigenvalue weighted by molar-refractivity contribution is -0.121. The third-order valence-corrected chi connectivity index (χ3v) is 5.33. The average Bonchev–Trinajstić information content (AvgIpc) is 3.01. The molecular formula is C20H29ClN2OS. The Kier molecular flexibility index (Phi) is 10.5. The maximum Gasteiger partial charge on any atom is 0.220 e. The van der Waals surface area contributed by atoms with Gasteiger partial charge in [0, 0.05) is 11.3 Å². The topological polar surface area (TPSA) is 55.1 Å². The summed E-state index contributed by atoms with van der Waals surface area (Å²) in [5.74, 6) is 0.150. The molecule has 1 amide bonds. The van der Waals surface area contributed by atoms with Crippen molar-refractivity contribution in [2.24, 2.45) is 5.73 Å². The SMILES string of the molecule is Cc1ccsc1C(Cc1ccccc1)NC(=O)CCCCCCN.Cl. The highest BCUT2D eigenvalue weighted by Gasteiger charge is 2.18. The molecule has 1 heterocycles. The Balaban J connectivity index is 0.00000312. The number of thiophene rings is 1. The first-order valence-corrected chi connectivity index (χ1v) is 9.66. The van der Waals surface area contributed by atoms with Gasteiger partial charge in [0.05, 0.1) is 6.04 Å². The van der Waals surface area contributed by atoms with Gasteiger partial charge >= 0.3 is 0 Å². The van der Waals surface area contributed by atoms with Crippen LogP contribution in [0.4, 0.5) is 0 Å². The van der Waals surface area contributed by atoms with Gasteiger partial charge in [0.1, 0.15) is 0 Å². The van der Waals surface area contributed by atoms with Crippen LogP contribution in [0, 0.1) is 6.92 Å². The van der Waals surface area contributed by atoms with Crippen molar-refractivity contribution in [3.63, 3.8) is 0 Å². The van der Waals surface area contributed by atoms with Crippen LogP contribution in [0.15, 0.2) is 41.8 Å². The van der Waals surface area contributed by atoms with Crippen LogP contribution in [0.5, 0.6) is 0 Å². The van der Waals surface area contributed by atoms with E-state index in [1.54, 1.807) is 11.3 Å². The van der Waals surface area contributed by atoms with Crippen molar-refractivity contribution in [3.8, 4) is 0 Å². The van der Waals surface area contributed by atoms with Crippen LogP contribution < -0.4 is 11.1 Å². The molecule has 5 heteroatoms. The largest absolute Gasteiger partial charge is 0.348 e. The Bertz CT molecular complexity index is 615. The number of benzene rings is 1. The van der Waals surface area contributed by atoms with E-state index in [9.17, 15) is 4.79 Å². The minimum atomic E-state index is 0. The molecule has 0 fully saturated rings. The van der Waals surface area contributed by atoms with Crippen LogP contribution in [0.2, 0.25) is 0 Å². The molecule has 0 aliphatic rings. The molecule has 25 heavy (non-hydrogen) atoms. The second-order valence-electron chi connectivity index (χ2n) is 6.23. The van der Waals surface area contributed by atoms with Crippen molar-refractivity contribution in [1.82, 2.24) is 5.32 Å². The molecule has 3 nitrogen and oxygen atoms in total. The van der Waals surface area contributed by atoms with Crippen molar-refractivity contribution in [1.29, 1.82) is 0 Å². The van der Waals surface area contributed by atoms with Gasteiger partial charge in [0.15, 0.2) is 0 Å². The molecule has 138 valence electrons. The lowest BCUT2D eigenvalue weighted by atomic mass is 10.0. The van der Waals surface area contributed by atoms with Gasteiger partial charge in [-0.3, -0.25) is 4.79 Å². The summed E-state index contributed by atoms with van der Waals surface area (Å²) in [4.78, 5) is 13.6. The summed E-state index contributed by atoms with van der Waals surface area (Å²) in [5, 5.41) is 5.35. The van der Waals surface area contributed by atoms with Gasteiger partial charge in [-0.1, -0.05) is 43.2 Å². The van der Waals surface area contributed by atoms with E-state index in [1.807, 2.05) is 18.2 Å². The number of halogens is 1. The van der Waals surface area contributed by atoms with Gasteiger partial charge in [0.25, 0.3) is 0 Å². The molecule has 0 aliphatic heterocycles. The number of rotatable bonds is 10. The number of nitrogens with two attached hydrogens (primary N) is 1. The third kappa shape index (κ3) is 7.59. The molecule has 0 aliphatic carbocycles. The number of nitrogens with one attached hydrogen (secondary N) is 1. The molecule has 2 rings (SSSR count). The number of amides is 1. The molecule has 0 bridgehead atoms. The predicted octanol–water partition coefficient (Wildman–Crippen LogP) is 4.79. The van der Waals surface area contributed by atoms with Gasteiger partial charge in [-0.15, -0.1) is 23.7 Å². The molecule has 0 spiro atoms. The average molecular weight is 381 g/mol. The van der Waals surface area contributed by atoms with Crippen molar-refractivity contribution >= 4 is 29.7 Å². The van der Waals surface area contributed by atoms with Crippen LogP contribution >= 0.6 is 23.7 Å². The molecule has 0 radical (unpaired) electrons. The maximum absolute atomic E-state index is 12.4. The molecule has 0 saturated heterocycles. The van der Waals surface area contributed by atoms with Gasteiger partial charge in [-0.2, -0.15) is 0 Å². The van der Waals surface area contributed by atoms with E-state index in [4.69, 9.17) is 5.73 Å². The number of carbonyl (C=O) groups is 1. The summed E-state index contributed by atoms with van der Waals surface area (Å²) >= 11 is 1.73. The second kappa shape index (κ2) is 12.1. The van der Waals surface area contributed by atoms with Crippen molar-refractivity contribution in [2.45, 2.75) is 51.5 Å². The molecule has 1 atom stereocenters. The molecule has 0 saturated carbocycles. The molecule has 3 N–H and O–H groups in total. The lowest BCUT2D eigenvalue weighted by Gasteiger charge is -2.19. The second-order valence-corrected chi connectivity index (χ2v) is 7.18. The summed E-state index contributed by atoms with van der Waals surface area (Å²) in [6.45, 7) is 2.85. The minimum absolute atomic E-state index is 0. The summed E-state index contributed by atoms with van der Waals surface area (Å²) in [7, 11) is 0. The summed E-state index contributed by atoms with van der Waals surface area (Å²) < 4.78 is 0. The van der Waals surface area contributed by atoms with E-state index >= 15 is 0 Å². The fourth-order valence-corrected chi connectivity index (χ4v) is 3.83. The van der Waals surface area contributed by atoms with E-state index in [0.717, 1.165) is 38.6 Å². The molecule has 1 unspecified atom stereocenters. The van der Waals surface area contributed by atoms with Crippen LogP contribution in [0.1, 0.15) is 54.1 Å². The minimum Gasteiger partial charge on any atom is -0.348 e. The van der Waals surface area contributed by atoms with Gasteiger partial charge < -0.3 is 11.1 Å². The summed E-state index contributed by atoms with van der Waals surface area (Å²) in [6, 6.07) is 12.5. The number of aryl methyl sites for hydroxylation is 1. The van der Waals surface area contributed by atoms with Crippen LogP contribution in [-0.2, 0) is 11.2 Å². The zero-order chi connectivity index (χ0) is 17.2. The highest BCUT2D eigenvalue weighted by atomic mass is 35.5. The summed E-state index contributed by atoms with van der Waals surface area (Å²) in [5.41, 5.74) is 8.00. The number of hydrogen-bond acceptors (Lipinski definition) is 3. The normalized spacial score (nSPS) is 11.6. The highest BCUT2D eigenvalue weighted by Crippen LogP contribution is 2.27. The first-order chi connectivity index (χ1) is 11.7. The molecular weight excluding hydrogens is 352 g/mol. The van der Waals surface area contributed by atoms with Gasteiger partial charge in [0.2, 0.25) is 5.91 Å². The number of unbranched alkanes of at least 4 members (excludes halogenated alkanes) is 3. The van der Waals surface area contributed by atoms with Crippen LogP contribution in [-0.4, -0.2) is 12.5 Å². The van der Waals surface area contributed by atoms with Crippen LogP contribution in [0.25, 0.3) is 0 Å². The Morgan fingerprint density at radius 1 is 1.12 bits per heavy atom. The van der Waals surface area contributed by atoms with Crippen molar-refractivity contribution < 1.29 is 4.79 Å². The standard InChI is InChI=1S/C20H28N2OS.ClH/c1-16-12-14-24-20(16)18(15-17-9-5-4-6-10-17)22-19(23)11-7-2-3-8-13-21;/h4-6,9-10,12,14,18H,2-3,7-8,11,13,15,21H2,1H3,(H,22,23);1H. The van der Waals surface area contributed by atoms with Gasteiger partial charge in [-0.25, -0.2) is 0 Å². The maximum atomic E-state index is 12.4. The first-order valence-electron chi connectivity index (χ1n) is 8.78. The van der Waals surface area contributed by atoms with E-state index in [2.05, 4.69) is 35.8 Å². The zero-order valence-corrected chi connectivity index (χ0v) is 16.5. The first kappa shape index (κ1) is 21.7. The molecule has 1 aromatic heterocycles. The number of carbonyl (C=O) groups excluding carboxylic acids is 1. The smallest absolute Gasteiger partial charge is 0.220 e. The van der Waals surface area contributed by atoms with Crippen molar-refractivity contribution in [2.75, 3.05) is 6.54 Å². The predicted molar refractivity (Wildman–Crippen MR) is 109 cm³/mol. The Morgan fingerprint density at radius 3 is 2.48 bits per heavy atom. The lowest BCUT2D eigenvalue weighted by Crippen LogP contribution is -2.29. The van der Waals surface area contributed by atoms with Gasteiger partial charge in [-0.05, 0) is 55.3 Å². The van der Waals surface area contributed by atoms with E-state index in [1.165, 1.54) is 16.0 Å². The van der Waals surface area contributed by atoms with Crippen LogP contribution in [0.3, 0.4) is 0 Å². The fraction of sp³-hybridized carbons (Fsp3) is 0.450. The summed E-state index contributed by atoms with van der Waals surface area (Å²) in [6.07, 6.45) is 5.61. The molecule has 1 aromatic carbocycles. The highest BCUT2D eigenvalue weighted by molar-refractivity contribution is 7.10. The van der Waals surface area contributed by atoms with E-state index in [-0.39, 0.29) is 24.4 Å². The zero-order valence-electron chi connectivity index (χ0n) is 14.9. The monoisotopic (exact) mass is 380 g/mol. The van der Waals surface area contributed by atoms with E-state index < -0.39 is 0 Å². The Labute approximate surface area is 161 Å².